The first-order valence-electron chi connectivity index (χ1n) is 11.8. The van der Waals surface area contributed by atoms with Crippen molar-refractivity contribution < 1.29 is 9.47 Å². The number of benzene rings is 1. The van der Waals surface area contributed by atoms with Crippen molar-refractivity contribution in [2.45, 2.75) is 25.7 Å². The van der Waals surface area contributed by atoms with Crippen LogP contribution in [0.3, 0.4) is 0 Å². The highest BCUT2D eigenvalue weighted by molar-refractivity contribution is 14.0. The first-order valence-corrected chi connectivity index (χ1v) is 11.8. The topological polar surface area (TPSA) is 52.6 Å². The number of piperazine rings is 1. The van der Waals surface area contributed by atoms with E-state index in [1.807, 2.05) is 19.2 Å². The van der Waals surface area contributed by atoms with E-state index in [0.717, 1.165) is 83.1 Å². The lowest BCUT2D eigenvalue weighted by atomic mass is 9.96. The van der Waals surface area contributed by atoms with Gasteiger partial charge in [-0.15, -0.1) is 24.0 Å². The predicted octanol–water partition coefficient (Wildman–Crippen LogP) is 3.15. The summed E-state index contributed by atoms with van der Waals surface area (Å²) in [4.78, 5) is 11.8. The molecule has 0 unspecified atom stereocenters. The van der Waals surface area contributed by atoms with Gasteiger partial charge >= 0.3 is 0 Å². The van der Waals surface area contributed by atoms with Gasteiger partial charge in [-0.1, -0.05) is 0 Å². The molecule has 3 rings (SSSR count). The summed E-state index contributed by atoms with van der Waals surface area (Å²) < 4.78 is 10.7. The summed E-state index contributed by atoms with van der Waals surface area (Å²) in [5.74, 6) is 2.72. The van der Waals surface area contributed by atoms with E-state index in [2.05, 4.69) is 44.2 Å². The van der Waals surface area contributed by atoms with Crippen LogP contribution < -0.4 is 15.0 Å². The van der Waals surface area contributed by atoms with Gasteiger partial charge < -0.3 is 24.6 Å². The van der Waals surface area contributed by atoms with E-state index in [9.17, 15) is 0 Å². The first kappa shape index (κ1) is 27.0. The van der Waals surface area contributed by atoms with Gasteiger partial charge in [0.05, 0.1) is 7.11 Å². The number of hydrogen-bond donors (Lipinski definition) is 1. The van der Waals surface area contributed by atoms with Crippen LogP contribution in [-0.2, 0) is 4.74 Å². The van der Waals surface area contributed by atoms with Crippen LogP contribution in [0.15, 0.2) is 29.3 Å². The van der Waals surface area contributed by atoms with Crippen LogP contribution in [0.1, 0.15) is 25.7 Å². The standard InChI is InChI=1S/C24H41N5O2.HI/c1-25-24(27(2)14-9-21-10-19-31-20-11-21)26-12-4-13-28-15-17-29(18-16-28)22-5-7-23(30-3)8-6-22;/h5-8,21H,4,9-20H2,1-3H3,(H,25,26);1H. The van der Waals surface area contributed by atoms with Gasteiger partial charge in [-0.2, -0.15) is 0 Å². The van der Waals surface area contributed by atoms with Gasteiger partial charge in [-0.25, -0.2) is 0 Å². The Labute approximate surface area is 211 Å². The van der Waals surface area contributed by atoms with E-state index in [0.29, 0.717) is 0 Å². The van der Waals surface area contributed by atoms with Crippen molar-refractivity contribution in [3.05, 3.63) is 24.3 Å². The summed E-state index contributed by atoms with van der Waals surface area (Å²) in [6, 6.07) is 8.40. The molecular weight excluding hydrogens is 517 g/mol. The molecule has 32 heavy (non-hydrogen) atoms. The third-order valence-corrected chi connectivity index (χ3v) is 6.53. The van der Waals surface area contributed by atoms with Crippen molar-refractivity contribution in [3.63, 3.8) is 0 Å². The Morgan fingerprint density at radius 1 is 1.16 bits per heavy atom. The van der Waals surface area contributed by atoms with Gasteiger partial charge in [0.25, 0.3) is 0 Å². The lowest BCUT2D eigenvalue weighted by molar-refractivity contribution is 0.0625. The molecule has 2 fully saturated rings. The number of nitrogens with one attached hydrogen (secondary N) is 1. The molecule has 0 atom stereocenters. The Bertz CT molecular complexity index is 659. The Kier molecular flexibility index (Phi) is 12.5. The lowest BCUT2D eigenvalue weighted by Crippen LogP contribution is -2.47. The Balaban J connectivity index is 0.00000363. The first-order chi connectivity index (χ1) is 15.2. The van der Waals surface area contributed by atoms with Gasteiger partial charge in [0.1, 0.15) is 5.75 Å². The van der Waals surface area contributed by atoms with Gasteiger partial charge in [-0.05, 0) is 62.4 Å². The fraction of sp³-hybridized carbons (Fsp3) is 0.708. The molecule has 1 aromatic carbocycles. The Morgan fingerprint density at radius 2 is 1.84 bits per heavy atom. The third-order valence-electron chi connectivity index (χ3n) is 6.53. The summed E-state index contributed by atoms with van der Waals surface area (Å²) in [7, 11) is 5.74. The number of ether oxygens (including phenoxy) is 2. The molecular formula is C24H42IN5O2. The molecule has 0 amide bonds. The van der Waals surface area contributed by atoms with Crippen molar-refractivity contribution in [2.75, 3.05) is 85.1 Å². The minimum atomic E-state index is 0. The number of halogens is 1. The maximum Gasteiger partial charge on any atom is 0.193 e. The molecule has 0 aromatic heterocycles. The highest BCUT2D eigenvalue weighted by atomic mass is 127. The molecule has 0 saturated carbocycles. The molecule has 2 saturated heterocycles. The van der Waals surface area contributed by atoms with E-state index in [4.69, 9.17) is 9.47 Å². The van der Waals surface area contributed by atoms with Crippen molar-refractivity contribution >= 4 is 35.6 Å². The van der Waals surface area contributed by atoms with Crippen LogP contribution in [-0.4, -0.2) is 96.0 Å². The monoisotopic (exact) mass is 559 g/mol. The summed E-state index contributed by atoms with van der Waals surface area (Å²) in [5.41, 5.74) is 1.29. The van der Waals surface area contributed by atoms with Crippen LogP contribution in [0.5, 0.6) is 5.75 Å². The zero-order valence-corrected chi connectivity index (χ0v) is 22.4. The van der Waals surface area contributed by atoms with E-state index in [1.54, 1.807) is 7.11 Å². The van der Waals surface area contributed by atoms with Gasteiger partial charge in [-0.3, -0.25) is 9.89 Å². The molecule has 0 spiro atoms. The van der Waals surface area contributed by atoms with E-state index in [1.165, 1.54) is 24.9 Å². The number of rotatable bonds is 9. The second-order valence-electron chi connectivity index (χ2n) is 8.62. The van der Waals surface area contributed by atoms with Crippen molar-refractivity contribution in [3.8, 4) is 5.75 Å². The third kappa shape index (κ3) is 8.59. The van der Waals surface area contributed by atoms with E-state index in [-0.39, 0.29) is 24.0 Å². The molecule has 1 N–H and O–H groups in total. The Hall–Kier alpha value is -1.26. The molecule has 0 bridgehead atoms. The van der Waals surface area contributed by atoms with Gasteiger partial charge in [0, 0.05) is 72.3 Å². The van der Waals surface area contributed by atoms with Gasteiger partial charge in [0.2, 0.25) is 0 Å². The zero-order valence-electron chi connectivity index (χ0n) is 20.1. The quantitative estimate of drug-likeness (QED) is 0.217. The van der Waals surface area contributed by atoms with E-state index < -0.39 is 0 Å². The second kappa shape index (κ2) is 14.8. The fourth-order valence-electron chi connectivity index (χ4n) is 4.43. The van der Waals surface area contributed by atoms with Crippen LogP contribution in [0, 0.1) is 5.92 Å². The summed E-state index contributed by atoms with van der Waals surface area (Å²) >= 11 is 0. The van der Waals surface area contributed by atoms with E-state index >= 15 is 0 Å². The molecule has 2 heterocycles. The fourth-order valence-corrected chi connectivity index (χ4v) is 4.43. The normalized spacial score (nSPS) is 18.2. The number of nitrogens with zero attached hydrogens (tertiary/aromatic N) is 4. The minimum absolute atomic E-state index is 0. The highest BCUT2D eigenvalue weighted by Crippen LogP contribution is 2.20. The zero-order chi connectivity index (χ0) is 21.9. The molecule has 2 aliphatic heterocycles. The van der Waals surface area contributed by atoms with Crippen molar-refractivity contribution in [2.24, 2.45) is 10.9 Å². The average Bonchev–Trinajstić information content (AvgIpc) is 2.84. The van der Waals surface area contributed by atoms with Crippen molar-refractivity contribution in [1.29, 1.82) is 0 Å². The maximum absolute atomic E-state index is 5.47. The smallest absolute Gasteiger partial charge is 0.193 e. The highest BCUT2D eigenvalue weighted by Gasteiger charge is 2.18. The number of anilines is 1. The maximum atomic E-state index is 5.47. The van der Waals surface area contributed by atoms with Crippen LogP contribution in [0.2, 0.25) is 0 Å². The molecule has 2 aliphatic rings. The SMILES string of the molecule is CN=C(NCCCN1CCN(c2ccc(OC)cc2)CC1)N(C)CCC1CCOCC1.I. The Morgan fingerprint density at radius 3 is 2.47 bits per heavy atom. The molecule has 7 nitrogen and oxygen atoms in total. The van der Waals surface area contributed by atoms with Gasteiger partial charge in [0.15, 0.2) is 5.96 Å². The second-order valence-corrected chi connectivity index (χ2v) is 8.62. The molecule has 0 radical (unpaired) electrons. The summed E-state index contributed by atoms with van der Waals surface area (Å²) in [6.07, 6.45) is 4.76. The van der Waals surface area contributed by atoms with Crippen LogP contribution in [0.4, 0.5) is 5.69 Å². The molecule has 0 aliphatic carbocycles. The summed E-state index contributed by atoms with van der Waals surface area (Å²) in [6.45, 7) is 9.40. The largest absolute Gasteiger partial charge is 0.497 e. The van der Waals surface area contributed by atoms with Crippen LogP contribution in [0.25, 0.3) is 0 Å². The molecule has 1 aromatic rings. The summed E-state index contributed by atoms with van der Waals surface area (Å²) in [5, 5.41) is 3.54. The molecule has 182 valence electrons. The number of aliphatic imine (C=N–C) groups is 1. The van der Waals surface area contributed by atoms with Crippen LogP contribution >= 0.6 is 24.0 Å². The number of hydrogen-bond acceptors (Lipinski definition) is 5. The molecule has 8 heteroatoms. The predicted molar refractivity (Wildman–Crippen MR) is 144 cm³/mol. The van der Waals surface area contributed by atoms with Crippen molar-refractivity contribution in [1.82, 2.24) is 15.1 Å². The number of methoxy groups -OCH3 is 1. The lowest BCUT2D eigenvalue weighted by Gasteiger charge is -2.36. The number of guanidine groups is 1. The minimum Gasteiger partial charge on any atom is -0.497 e. The average molecular weight is 560 g/mol.